The quantitative estimate of drug-likeness (QED) is 0.870. The van der Waals surface area contributed by atoms with Gasteiger partial charge in [-0.1, -0.05) is 13.8 Å². The van der Waals surface area contributed by atoms with E-state index >= 15 is 0 Å². The summed E-state index contributed by atoms with van der Waals surface area (Å²) in [4.78, 5) is 10.5. The average Bonchev–Trinajstić information content (AvgIpc) is 3.02. The molecule has 0 aromatic carbocycles. The highest BCUT2D eigenvalue weighted by molar-refractivity contribution is 7.98. The lowest BCUT2D eigenvalue weighted by Crippen LogP contribution is -1.87. The lowest BCUT2D eigenvalue weighted by Gasteiger charge is -1.94. The minimum Gasteiger partial charge on any atom is -0.365 e. The summed E-state index contributed by atoms with van der Waals surface area (Å²) >= 11 is 5.34. The summed E-state index contributed by atoms with van der Waals surface area (Å²) in [5.74, 6) is 2.15. The second-order valence-corrected chi connectivity index (χ2v) is 6.88. The van der Waals surface area contributed by atoms with Gasteiger partial charge in [0.25, 0.3) is 0 Å². The van der Waals surface area contributed by atoms with Crippen LogP contribution in [-0.2, 0) is 12.2 Å². The number of anilines is 1. The van der Waals surface area contributed by atoms with E-state index in [1.54, 1.807) is 22.7 Å². The van der Waals surface area contributed by atoms with Crippen LogP contribution in [0.3, 0.4) is 0 Å². The third-order valence-electron chi connectivity index (χ3n) is 2.46. The summed E-state index contributed by atoms with van der Waals surface area (Å²) in [6, 6.07) is 0. The SMILES string of the molecule is CCSCc1nc(CC)c(-c2csc(NC)n2)s1. The number of aromatic nitrogens is 2. The fourth-order valence-electron chi connectivity index (χ4n) is 1.58. The molecule has 1 N–H and O–H groups in total. The zero-order chi connectivity index (χ0) is 13.0. The Hall–Kier alpha value is -0.590. The van der Waals surface area contributed by atoms with E-state index in [1.807, 2.05) is 18.8 Å². The average molecular weight is 299 g/mol. The molecule has 2 aromatic rings. The van der Waals surface area contributed by atoms with Gasteiger partial charge < -0.3 is 5.32 Å². The van der Waals surface area contributed by atoms with Crippen molar-refractivity contribution in [1.29, 1.82) is 0 Å². The van der Waals surface area contributed by atoms with E-state index in [9.17, 15) is 0 Å². The third kappa shape index (κ3) is 3.05. The van der Waals surface area contributed by atoms with Crippen molar-refractivity contribution >= 4 is 39.6 Å². The van der Waals surface area contributed by atoms with Crippen molar-refractivity contribution in [2.45, 2.75) is 26.0 Å². The number of nitrogens with one attached hydrogen (secondary N) is 1. The first kappa shape index (κ1) is 13.8. The summed E-state index contributed by atoms with van der Waals surface area (Å²) < 4.78 is 0. The van der Waals surface area contributed by atoms with Gasteiger partial charge in [0, 0.05) is 18.2 Å². The van der Waals surface area contributed by atoms with Crippen molar-refractivity contribution in [3.8, 4) is 10.6 Å². The lowest BCUT2D eigenvalue weighted by atomic mass is 10.2. The van der Waals surface area contributed by atoms with Crippen LogP contribution in [0.15, 0.2) is 5.38 Å². The van der Waals surface area contributed by atoms with Crippen LogP contribution >= 0.6 is 34.4 Å². The predicted octanol–water partition coefficient (Wildman–Crippen LogP) is 4.12. The molecule has 6 heteroatoms. The van der Waals surface area contributed by atoms with E-state index < -0.39 is 0 Å². The van der Waals surface area contributed by atoms with Crippen molar-refractivity contribution in [1.82, 2.24) is 9.97 Å². The molecule has 0 aliphatic rings. The van der Waals surface area contributed by atoms with E-state index in [4.69, 9.17) is 4.98 Å². The molecule has 0 saturated heterocycles. The molecule has 2 heterocycles. The summed E-state index contributed by atoms with van der Waals surface area (Å²) in [7, 11) is 1.90. The Balaban J connectivity index is 2.27. The number of aryl methyl sites for hydroxylation is 1. The third-order valence-corrected chi connectivity index (χ3v) is 5.51. The molecule has 0 aliphatic heterocycles. The highest BCUT2D eigenvalue weighted by Crippen LogP contribution is 2.34. The Labute approximate surface area is 120 Å². The van der Waals surface area contributed by atoms with Gasteiger partial charge in [0.15, 0.2) is 5.13 Å². The van der Waals surface area contributed by atoms with Crippen LogP contribution in [0, 0.1) is 0 Å². The maximum absolute atomic E-state index is 4.72. The molecule has 2 aromatic heterocycles. The van der Waals surface area contributed by atoms with E-state index in [0.29, 0.717) is 0 Å². The van der Waals surface area contributed by atoms with E-state index in [1.165, 1.54) is 15.6 Å². The van der Waals surface area contributed by atoms with Crippen molar-refractivity contribution in [3.05, 3.63) is 16.1 Å². The van der Waals surface area contributed by atoms with Gasteiger partial charge in [0.2, 0.25) is 0 Å². The van der Waals surface area contributed by atoms with Gasteiger partial charge in [0.05, 0.1) is 16.3 Å². The largest absolute Gasteiger partial charge is 0.365 e. The van der Waals surface area contributed by atoms with Crippen LogP contribution in [0.1, 0.15) is 24.5 Å². The normalized spacial score (nSPS) is 10.8. The van der Waals surface area contributed by atoms with Crippen molar-refractivity contribution < 1.29 is 0 Å². The molecule has 0 bridgehead atoms. The first-order valence-corrected chi connectivity index (χ1v) is 8.83. The fourth-order valence-corrected chi connectivity index (χ4v) is 4.16. The maximum Gasteiger partial charge on any atom is 0.182 e. The maximum atomic E-state index is 4.72. The minimum absolute atomic E-state index is 0.963. The van der Waals surface area contributed by atoms with Gasteiger partial charge in [-0.25, -0.2) is 9.97 Å². The summed E-state index contributed by atoms with van der Waals surface area (Å²) in [5.41, 5.74) is 2.24. The van der Waals surface area contributed by atoms with Crippen LogP contribution in [0.5, 0.6) is 0 Å². The molecule has 0 atom stereocenters. The van der Waals surface area contributed by atoms with Crippen LogP contribution in [0.25, 0.3) is 10.6 Å². The van der Waals surface area contributed by atoms with Crippen LogP contribution < -0.4 is 5.32 Å². The Kier molecular flexibility index (Phi) is 5.03. The predicted molar refractivity (Wildman–Crippen MR) is 84.0 cm³/mol. The first-order chi connectivity index (χ1) is 8.78. The fraction of sp³-hybridized carbons (Fsp3) is 0.500. The molecule has 0 radical (unpaired) electrons. The van der Waals surface area contributed by atoms with E-state index in [0.717, 1.165) is 28.8 Å². The Morgan fingerprint density at radius 1 is 1.33 bits per heavy atom. The zero-order valence-corrected chi connectivity index (χ0v) is 13.3. The molecule has 0 saturated carbocycles. The van der Waals surface area contributed by atoms with Crippen molar-refractivity contribution in [2.24, 2.45) is 0 Å². The lowest BCUT2D eigenvalue weighted by molar-refractivity contribution is 1.04. The van der Waals surface area contributed by atoms with E-state index in [-0.39, 0.29) is 0 Å². The second-order valence-electron chi connectivity index (χ2n) is 3.66. The van der Waals surface area contributed by atoms with E-state index in [2.05, 4.69) is 29.5 Å². The van der Waals surface area contributed by atoms with Gasteiger partial charge in [-0.3, -0.25) is 0 Å². The first-order valence-electron chi connectivity index (χ1n) is 5.98. The monoisotopic (exact) mass is 299 g/mol. The van der Waals surface area contributed by atoms with Crippen molar-refractivity contribution in [2.75, 3.05) is 18.1 Å². The number of thiazole rings is 2. The molecule has 2 rings (SSSR count). The molecule has 0 spiro atoms. The topological polar surface area (TPSA) is 37.8 Å². The van der Waals surface area contributed by atoms with Gasteiger partial charge in [-0.05, 0) is 12.2 Å². The molecule has 98 valence electrons. The van der Waals surface area contributed by atoms with Crippen molar-refractivity contribution in [3.63, 3.8) is 0 Å². The molecule has 3 nitrogen and oxygen atoms in total. The standard InChI is InChI=1S/C12H17N3S3/c1-4-8-11(9-6-17-12(13-3)15-9)18-10(14-8)7-16-5-2/h6H,4-5,7H2,1-3H3,(H,13,15). The number of hydrogen-bond donors (Lipinski definition) is 1. The molecule has 18 heavy (non-hydrogen) atoms. The molecular formula is C12H17N3S3. The highest BCUT2D eigenvalue weighted by atomic mass is 32.2. The molecular weight excluding hydrogens is 282 g/mol. The summed E-state index contributed by atoms with van der Waals surface area (Å²) in [6.07, 6.45) is 0.967. The Morgan fingerprint density at radius 2 is 2.17 bits per heavy atom. The number of thioether (sulfide) groups is 1. The highest BCUT2D eigenvalue weighted by Gasteiger charge is 2.14. The minimum atomic E-state index is 0.963. The molecule has 0 aliphatic carbocycles. The van der Waals surface area contributed by atoms with Gasteiger partial charge in [-0.15, -0.1) is 22.7 Å². The Bertz CT molecular complexity index is 504. The van der Waals surface area contributed by atoms with Crippen LogP contribution in [0.2, 0.25) is 0 Å². The summed E-state index contributed by atoms with van der Waals surface area (Å²) in [5, 5.41) is 7.37. The second kappa shape index (κ2) is 6.54. The number of nitrogens with zero attached hydrogens (tertiary/aromatic N) is 2. The number of rotatable bonds is 6. The summed E-state index contributed by atoms with van der Waals surface area (Å²) in [6.45, 7) is 4.33. The van der Waals surface area contributed by atoms with Gasteiger partial charge in [0.1, 0.15) is 5.01 Å². The smallest absolute Gasteiger partial charge is 0.182 e. The molecule has 0 amide bonds. The molecule has 0 unspecified atom stereocenters. The van der Waals surface area contributed by atoms with Gasteiger partial charge in [-0.2, -0.15) is 11.8 Å². The van der Waals surface area contributed by atoms with Crippen LogP contribution in [-0.4, -0.2) is 22.8 Å². The zero-order valence-electron chi connectivity index (χ0n) is 10.8. The Morgan fingerprint density at radius 3 is 2.78 bits per heavy atom. The molecule has 0 fully saturated rings. The van der Waals surface area contributed by atoms with Gasteiger partial charge >= 0.3 is 0 Å². The number of hydrogen-bond acceptors (Lipinski definition) is 6. The van der Waals surface area contributed by atoms with Crippen LogP contribution in [0.4, 0.5) is 5.13 Å².